The van der Waals surface area contributed by atoms with Crippen molar-refractivity contribution in [3.63, 3.8) is 0 Å². The van der Waals surface area contributed by atoms with E-state index in [1.807, 2.05) is 0 Å². The first-order valence-corrected chi connectivity index (χ1v) is 8.94. The molecule has 0 bridgehead atoms. The Balaban J connectivity index is 1.64. The first kappa shape index (κ1) is 15.9. The van der Waals surface area contributed by atoms with Crippen molar-refractivity contribution in [1.29, 1.82) is 0 Å². The minimum atomic E-state index is -0.311. The number of carbonyl (C=O) groups excluding carboxylic acids is 1. The van der Waals surface area contributed by atoms with Crippen molar-refractivity contribution in [3.05, 3.63) is 58.0 Å². The summed E-state index contributed by atoms with van der Waals surface area (Å²) in [4.78, 5) is 14.1. The molecule has 1 amide bonds. The largest absolute Gasteiger partial charge is 0.348 e. The molecule has 1 aliphatic rings. The Morgan fingerprint density at radius 3 is 3.00 bits per heavy atom. The van der Waals surface area contributed by atoms with Gasteiger partial charge < -0.3 is 5.32 Å². The fourth-order valence-corrected chi connectivity index (χ4v) is 4.42. The first-order valence-electron chi connectivity index (χ1n) is 8.13. The second-order valence-corrected chi connectivity index (χ2v) is 7.04. The number of hydrogen-bond donors (Lipinski definition) is 1. The first-order chi connectivity index (χ1) is 12.2. The van der Waals surface area contributed by atoms with Crippen molar-refractivity contribution in [3.8, 4) is 5.00 Å². The van der Waals surface area contributed by atoms with E-state index in [9.17, 15) is 9.18 Å². The Morgan fingerprint density at radius 2 is 2.20 bits per heavy atom. The molecule has 0 unspecified atom stereocenters. The minimum Gasteiger partial charge on any atom is -0.348 e. The zero-order valence-electron chi connectivity index (χ0n) is 13.4. The zero-order chi connectivity index (χ0) is 17.2. The highest BCUT2D eigenvalue weighted by molar-refractivity contribution is 7.15. The molecule has 1 N–H and O–H groups in total. The zero-order valence-corrected chi connectivity index (χ0v) is 14.2. The number of nitrogens with one attached hydrogen (secondary N) is 1. The fraction of sp³-hybridized carbons (Fsp3) is 0.294. The number of aromatic nitrogens is 4. The lowest BCUT2D eigenvalue weighted by atomic mass is 9.95. The number of carbonyl (C=O) groups is 1. The molecule has 0 radical (unpaired) electrons. The second kappa shape index (κ2) is 6.72. The normalized spacial score (nSPS) is 13.5. The molecular formula is C17H16FN5OS. The van der Waals surface area contributed by atoms with Gasteiger partial charge in [0.2, 0.25) is 0 Å². The van der Waals surface area contributed by atoms with Crippen LogP contribution < -0.4 is 5.32 Å². The quantitative estimate of drug-likeness (QED) is 0.779. The number of halogens is 1. The molecule has 4 rings (SSSR count). The molecule has 0 fully saturated rings. The van der Waals surface area contributed by atoms with Crippen LogP contribution in [-0.4, -0.2) is 26.1 Å². The number of nitrogens with zero attached hydrogens (tertiary/aromatic N) is 4. The summed E-state index contributed by atoms with van der Waals surface area (Å²) in [5.41, 5.74) is 2.46. The van der Waals surface area contributed by atoms with Gasteiger partial charge in [-0.3, -0.25) is 4.79 Å². The number of aryl methyl sites for hydroxylation is 1. The molecule has 3 aromatic rings. The summed E-state index contributed by atoms with van der Waals surface area (Å²) in [6.07, 6.45) is 5.57. The molecule has 1 aliphatic carbocycles. The smallest absolute Gasteiger partial charge is 0.254 e. The lowest BCUT2D eigenvalue weighted by Gasteiger charge is -2.13. The molecule has 0 saturated heterocycles. The van der Waals surface area contributed by atoms with Crippen molar-refractivity contribution in [2.75, 3.05) is 0 Å². The van der Waals surface area contributed by atoms with Crippen molar-refractivity contribution >= 4 is 17.2 Å². The highest BCUT2D eigenvalue weighted by Gasteiger charge is 2.26. The maximum absolute atomic E-state index is 13.3. The minimum absolute atomic E-state index is 0.172. The second-order valence-electron chi connectivity index (χ2n) is 5.96. The predicted octanol–water partition coefficient (Wildman–Crippen LogP) is 2.67. The van der Waals surface area contributed by atoms with Gasteiger partial charge in [-0.2, -0.15) is 4.68 Å². The van der Waals surface area contributed by atoms with E-state index in [4.69, 9.17) is 0 Å². The molecule has 2 aromatic heterocycles. The summed E-state index contributed by atoms with van der Waals surface area (Å²) in [6.45, 7) is 0.274. The number of thiophene rings is 1. The summed E-state index contributed by atoms with van der Waals surface area (Å²) in [5, 5.41) is 14.9. The Labute approximate surface area is 147 Å². The Bertz CT molecular complexity index is 906. The molecule has 1 aromatic carbocycles. The lowest BCUT2D eigenvalue weighted by Crippen LogP contribution is -2.25. The van der Waals surface area contributed by atoms with Crippen molar-refractivity contribution in [2.45, 2.75) is 32.2 Å². The number of tetrazole rings is 1. The summed E-state index contributed by atoms with van der Waals surface area (Å²) >= 11 is 1.57. The molecule has 0 atom stereocenters. The summed E-state index contributed by atoms with van der Waals surface area (Å²) in [5.74, 6) is -0.483. The molecule has 0 spiro atoms. The summed E-state index contributed by atoms with van der Waals surface area (Å²) < 4.78 is 14.8. The number of amides is 1. The van der Waals surface area contributed by atoms with Crippen LogP contribution in [0.5, 0.6) is 0 Å². The van der Waals surface area contributed by atoms with Gasteiger partial charge in [0.1, 0.15) is 17.1 Å². The molecule has 0 saturated carbocycles. The van der Waals surface area contributed by atoms with Crippen molar-refractivity contribution < 1.29 is 9.18 Å². The van der Waals surface area contributed by atoms with Gasteiger partial charge in [0.05, 0.1) is 5.56 Å². The van der Waals surface area contributed by atoms with Crippen LogP contribution in [0.3, 0.4) is 0 Å². The summed E-state index contributed by atoms with van der Waals surface area (Å²) in [6, 6.07) is 6.23. The van der Waals surface area contributed by atoms with Crippen LogP contribution >= 0.6 is 11.3 Å². The van der Waals surface area contributed by atoms with E-state index in [0.29, 0.717) is 5.56 Å². The molecule has 128 valence electrons. The Kier molecular flexibility index (Phi) is 4.27. The molecule has 25 heavy (non-hydrogen) atoms. The van der Waals surface area contributed by atoms with Crippen molar-refractivity contribution in [1.82, 2.24) is 25.5 Å². The molecule has 2 heterocycles. The Hall–Kier alpha value is -2.61. The van der Waals surface area contributed by atoms with Gasteiger partial charge in [-0.25, -0.2) is 4.39 Å². The average molecular weight is 357 g/mol. The third kappa shape index (κ3) is 3.17. The van der Waals surface area contributed by atoms with Crippen LogP contribution in [0.4, 0.5) is 4.39 Å². The number of fused-ring (bicyclic) bond motifs is 1. The van der Waals surface area contributed by atoms with Crippen molar-refractivity contribution in [2.24, 2.45) is 0 Å². The molecule has 6 nitrogen and oxygen atoms in total. The highest BCUT2D eigenvalue weighted by atomic mass is 32.1. The van der Waals surface area contributed by atoms with Crippen LogP contribution in [0.15, 0.2) is 30.6 Å². The Morgan fingerprint density at radius 1 is 1.32 bits per heavy atom. The fourth-order valence-electron chi connectivity index (χ4n) is 3.12. The van der Waals surface area contributed by atoms with Gasteiger partial charge in [0.15, 0.2) is 0 Å². The van der Waals surface area contributed by atoms with E-state index in [-0.39, 0.29) is 18.3 Å². The number of benzene rings is 1. The number of rotatable bonds is 4. The third-order valence-corrected chi connectivity index (χ3v) is 5.56. The van der Waals surface area contributed by atoms with E-state index >= 15 is 0 Å². The highest BCUT2D eigenvalue weighted by Crippen LogP contribution is 2.36. The van der Waals surface area contributed by atoms with Crippen LogP contribution in [-0.2, 0) is 19.4 Å². The lowest BCUT2D eigenvalue weighted by molar-refractivity contribution is 0.0950. The predicted molar refractivity (Wildman–Crippen MR) is 91.2 cm³/mol. The molecular weight excluding hydrogens is 341 g/mol. The monoisotopic (exact) mass is 357 g/mol. The third-order valence-electron chi connectivity index (χ3n) is 4.28. The van der Waals surface area contributed by atoms with Crippen LogP contribution in [0.25, 0.3) is 5.00 Å². The van der Waals surface area contributed by atoms with Gasteiger partial charge in [0.25, 0.3) is 5.91 Å². The van der Waals surface area contributed by atoms with Gasteiger partial charge in [0, 0.05) is 11.4 Å². The van der Waals surface area contributed by atoms with Crippen LogP contribution in [0.2, 0.25) is 0 Å². The van der Waals surface area contributed by atoms with Gasteiger partial charge in [-0.15, -0.1) is 16.4 Å². The van der Waals surface area contributed by atoms with E-state index in [1.165, 1.54) is 23.3 Å². The maximum atomic E-state index is 13.3. The number of hydrogen-bond acceptors (Lipinski definition) is 5. The summed E-state index contributed by atoms with van der Waals surface area (Å²) in [7, 11) is 0. The molecule has 0 aliphatic heterocycles. The standard InChI is InChI=1S/C17H16FN5OS/c18-12-5-3-4-11(8-12)9-19-16(24)15-13-6-1-2-7-14(13)25-17(15)23-10-20-21-22-23/h3-5,8,10H,1-2,6-7,9H2,(H,19,24). The SMILES string of the molecule is O=C(NCc1cccc(F)c1)c1c(-n2cnnn2)sc2c1CCCC2. The van der Waals surface area contributed by atoms with Gasteiger partial charge in [-0.1, -0.05) is 12.1 Å². The van der Waals surface area contributed by atoms with Gasteiger partial charge >= 0.3 is 0 Å². The van der Waals surface area contributed by atoms with Crippen LogP contribution in [0.1, 0.15) is 39.2 Å². The average Bonchev–Trinajstić information content (AvgIpc) is 3.27. The van der Waals surface area contributed by atoms with Gasteiger partial charge in [-0.05, 0) is 59.4 Å². The molecule has 8 heteroatoms. The van der Waals surface area contributed by atoms with Crippen LogP contribution in [0, 0.1) is 5.82 Å². The topological polar surface area (TPSA) is 72.7 Å². The van der Waals surface area contributed by atoms with E-state index in [0.717, 1.165) is 41.8 Å². The maximum Gasteiger partial charge on any atom is 0.254 e. The van der Waals surface area contributed by atoms with E-state index in [2.05, 4.69) is 20.8 Å². The van der Waals surface area contributed by atoms with E-state index in [1.54, 1.807) is 28.2 Å². The van der Waals surface area contributed by atoms with E-state index < -0.39 is 0 Å².